The van der Waals surface area contributed by atoms with Crippen LogP contribution in [0.15, 0.2) is 24.5 Å². The van der Waals surface area contributed by atoms with Gasteiger partial charge in [-0.1, -0.05) is 11.6 Å². The van der Waals surface area contributed by atoms with Gasteiger partial charge in [0.25, 0.3) is 5.91 Å². The van der Waals surface area contributed by atoms with Gasteiger partial charge in [0, 0.05) is 26.2 Å². The molecule has 2 aromatic rings. The number of nitrogens with one attached hydrogen (secondary N) is 1. The Morgan fingerprint density at radius 1 is 1.14 bits per heavy atom. The van der Waals surface area contributed by atoms with E-state index >= 15 is 0 Å². The van der Waals surface area contributed by atoms with E-state index in [1.165, 1.54) is 28.6 Å². The van der Waals surface area contributed by atoms with E-state index in [4.69, 9.17) is 16.3 Å². The fourth-order valence-electron chi connectivity index (χ4n) is 3.95. The van der Waals surface area contributed by atoms with E-state index < -0.39 is 39.7 Å². The van der Waals surface area contributed by atoms with E-state index in [2.05, 4.69) is 20.3 Å². The number of carbonyl (C=O) groups excluding carboxylic acids is 2. The normalized spacial score (nSPS) is 19.3. The number of sulfonamides is 1. The number of halogens is 1. The molecule has 0 bridgehead atoms. The van der Waals surface area contributed by atoms with Crippen LogP contribution in [-0.4, -0.2) is 82.6 Å². The third-order valence-corrected chi connectivity index (χ3v) is 6.82. The highest BCUT2D eigenvalue weighted by Crippen LogP contribution is 2.34. The molecule has 0 radical (unpaired) electrons. The highest BCUT2D eigenvalue weighted by atomic mass is 35.5. The van der Waals surface area contributed by atoms with Crippen molar-refractivity contribution in [2.24, 2.45) is 0 Å². The zero-order valence-electron chi connectivity index (χ0n) is 20.4. The number of piperazine rings is 1. The Bertz CT molecular complexity index is 1230. The van der Waals surface area contributed by atoms with Gasteiger partial charge in [0.1, 0.15) is 22.8 Å². The van der Waals surface area contributed by atoms with Gasteiger partial charge in [-0.25, -0.2) is 28.2 Å². The van der Waals surface area contributed by atoms with E-state index in [0.29, 0.717) is 17.0 Å². The highest BCUT2D eigenvalue weighted by Gasteiger charge is 2.41. The molecule has 13 heteroatoms. The predicted molar refractivity (Wildman–Crippen MR) is 130 cm³/mol. The van der Waals surface area contributed by atoms with E-state index in [-0.39, 0.29) is 23.9 Å². The first kappa shape index (κ1) is 26.8. The summed E-state index contributed by atoms with van der Waals surface area (Å²) in [6, 6.07) is 3.40. The number of carbonyl (C=O) groups is 2. The van der Waals surface area contributed by atoms with Crippen LogP contribution in [0.5, 0.6) is 0 Å². The second-order valence-corrected chi connectivity index (χ2v) is 11.6. The minimum Gasteiger partial charge on any atom is -0.444 e. The van der Waals surface area contributed by atoms with Crippen LogP contribution in [0, 0.1) is 0 Å². The molecule has 0 saturated carbocycles. The van der Waals surface area contributed by atoms with Crippen molar-refractivity contribution in [3.8, 4) is 11.4 Å². The quantitative estimate of drug-likeness (QED) is 0.603. The van der Waals surface area contributed by atoms with Gasteiger partial charge < -0.3 is 15.0 Å². The molecule has 2 aromatic heterocycles. The number of hydrogen-bond donors (Lipinski definition) is 1. The Morgan fingerprint density at radius 2 is 1.83 bits per heavy atom. The average Bonchev–Trinajstić information content (AvgIpc) is 2.75. The fraction of sp³-hybridized carbons (Fsp3) is 0.500. The number of ether oxygens (including phenoxy) is 1. The largest absolute Gasteiger partial charge is 0.444 e. The molecule has 0 unspecified atom stereocenters. The van der Waals surface area contributed by atoms with Crippen molar-refractivity contribution in [3.63, 3.8) is 0 Å². The number of rotatable bonds is 4. The maximum atomic E-state index is 12.8. The second kappa shape index (κ2) is 10.0. The van der Waals surface area contributed by atoms with Gasteiger partial charge in [-0.2, -0.15) is 4.31 Å². The molecule has 0 spiro atoms. The van der Waals surface area contributed by atoms with E-state index in [1.807, 2.05) is 0 Å². The van der Waals surface area contributed by atoms with Gasteiger partial charge >= 0.3 is 6.09 Å². The Kier molecular flexibility index (Phi) is 7.68. The summed E-state index contributed by atoms with van der Waals surface area (Å²) in [7, 11) is -2.17. The molecule has 35 heavy (non-hydrogen) atoms. The van der Waals surface area contributed by atoms with Crippen LogP contribution in [0.1, 0.15) is 49.8 Å². The molecule has 3 rings (SSSR count). The number of hydrogen-bond acceptors (Lipinski definition) is 8. The summed E-state index contributed by atoms with van der Waals surface area (Å²) in [5.41, 5.74) is 0.621. The Balaban J connectivity index is 2.06. The Morgan fingerprint density at radius 3 is 2.43 bits per heavy atom. The summed E-state index contributed by atoms with van der Waals surface area (Å²) in [5.74, 6) is -0.395. The summed E-state index contributed by atoms with van der Waals surface area (Å²) in [6.07, 6.45) is 1.83. The number of nitrogens with zero attached hydrogens (tertiary/aromatic N) is 5. The molecule has 3 heterocycles. The maximum absolute atomic E-state index is 12.8. The minimum absolute atomic E-state index is 0.0549. The summed E-state index contributed by atoms with van der Waals surface area (Å²) in [5, 5.41) is 2.60. The van der Waals surface area contributed by atoms with E-state index in [0.717, 1.165) is 6.26 Å². The first-order chi connectivity index (χ1) is 16.2. The predicted octanol–water partition coefficient (Wildman–Crippen LogP) is 2.49. The van der Waals surface area contributed by atoms with Gasteiger partial charge in [-0.15, -0.1) is 0 Å². The van der Waals surface area contributed by atoms with Gasteiger partial charge in [0.2, 0.25) is 10.0 Å². The van der Waals surface area contributed by atoms with Crippen molar-refractivity contribution in [2.75, 3.05) is 26.4 Å². The van der Waals surface area contributed by atoms with Crippen LogP contribution < -0.4 is 5.32 Å². The van der Waals surface area contributed by atoms with Crippen LogP contribution in [0.4, 0.5) is 4.79 Å². The first-order valence-corrected chi connectivity index (χ1v) is 13.1. The number of aromatic nitrogens is 3. The summed E-state index contributed by atoms with van der Waals surface area (Å²) in [6.45, 7) is 7.26. The monoisotopic (exact) mass is 524 g/mol. The first-order valence-electron chi connectivity index (χ1n) is 10.9. The van der Waals surface area contributed by atoms with Crippen LogP contribution in [0.3, 0.4) is 0 Å². The lowest BCUT2D eigenvalue weighted by Gasteiger charge is -2.44. The minimum atomic E-state index is -3.66. The molecule has 0 aromatic carbocycles. The van der Waals surface area contributed by atoms with Crippen molar-refractivity contribution in [1.82, 2.24) is 29.5 Å². The average molecular weight is 525 g/mol. The number of amides is 2. The lowest BCUT2D eigenvalue weighted by atomic mass is 10.0. The zero-order valence-corrected chi connectivity index (χ0v) is 22.0. The van der Waals surface area contributed by atoms with E-state index in [1.54, 1.807) is 39.8 Å². The molecular weight excluding hydrogens is 496 g/mol. The van der Waals surface area contributed by atoms with Crippen molar-refractivity contribution < 1.29 is 22.7 Å². The van der Waals surface area contributed by atoms with Gasteiger partial charge in [0.05, 0.1) is 23.7 Å². The third kappa shape index (κ3) is 6.44. The lowest BCUT2D eigenvalue weighted by Crippen LogP contribution is -2.57. The Labute approximate surface area is 209 Å². The van der Waals surface area contributed by atoms with Crippen LogP contribution >= 0.6 is 11.6 Å². The van der Waals surface area contributed by atoms with Crippen molar-refractivity contribution >= 4 is 33.6 Å². The third-order valence-electron chi connectivity index (χ3n) is 5.24. The summed E-state index contributed by atoms with van der Waals surface area (Å²) in [4.78, 5) is 38.8. The molecule has 1 saturated heterocycles. The molecule has 2 amide bonds. The molecule has 11 nitrogen and oxygen atoms in total. The smallest absolute Gasteiger partial charge is 0.410 e. The SMILES string of the molecule is CNC(=O)c1cc(-c2cc([C@@H]3CN(C(=O)OC(C)(C)C)C[C@@H](C)N3S(C)(=O)=O)cc(Cl)n2)ncn1. The van der Waals surface area contributed by atoms with Crippen molar-refractivity contribution in [2.45, 2.75) is 45.4 Å². The molecule has 0 aliphatic carbocycles. The maximum Gasteiger partial charge on any atom is 0.410 e. The molecule has 1 aliphatic heterocycles. The molecule has 2 atom stereocenters. The second-order valence-electron chi connectivity index (χ2n) is 9.32. The van der Waals surface area contributed by atoms with E-state index in [9.17, 15) is 18.0 Å². The van der Waals surface area contributed by atoms with Crippen molar-refractivity contribution in [1.29, 1.82) is 0 Å². The Hall–Kier alpha value is -2.83. The number of pyridine rings is 1. The van der Waals surface area contributed by atoms with Gasteiger partial charge in [-0.3, -0.25) is 4.79 Å². The van der Waals surface area contributed by atoms with Gasteiger partial charge in [0.15, 0.2) is 0 Å². The molecule has 1 fully saturated rings. The van der Waals surface area contributed by atoms with Crippen molar-refractivity contribution in [3.05, 3.63) is 40.9 Å². The standard InChI is InChI=1S/C22H29ClN6O5S/c1-13-10-28(21(31)34-22(2,3)4)11-18(29(13)35(6,32)33)14-7-16(27-19(23)8-14)15-9-17(20(30)24-5)26-12-25-15/h7-9,12-13,18H,10-11H2,1-6H3,(H,24,30)/t13-,18+/m1/s1. The van der Waals surface area contributed by atoms with Crippen LogP contribution in [0.25, 0.3) is 11.4 Å². The molecule has 1 N–H and O–H groups in total. The summed E-state index contributed by atoms with van der Waals surface area (Å²) >= 11 is 6.33. The topological polar surface area (TPSA) is 135 Å². The van der Waals surface area contributed by atoms with Crippen LogP contribution in [0.2, 0.25) is 5.15 Å². The fourth-order valence-corrected chi connectivity index (χ4v) is 5.53. The van der Waals surface area contributed by atoms with Crippen LogP contribution in [-0.2, 0) is 14.8 Å². The molecule has 190 valence electrons. The zero-order chi connectivity index (χ0) is 26.1. The molecule has 1 aliphatic rings. The lowest BCUT2D eigenvalue weighted by molar-refractivity contribution is 0.00573. The van der Waals surface area contributed by atoms with Gasteiger partial charge in [-0.05, 0) is 51.5 Å². The highest BCUT2D eigenvalue weighted by molar-refractivity contribution is 7.88. The molecular formula is C22H29ClN6O5S. The summed E-state index contributed by atoms with van der Waals surface area (Å²) < 4.78 is 32.4.